The Labute approximate surface area is 90.8 Å². The van der Waals surface area contributed by atoms with E-state index in [1.54, 1.807) is 6.08 Å². The van der Waals surface area contributed by atoms with Crippen LogP contribution in [0.1, 0.15) is 38.5 Å². The summed E-state index contributed by atoms with van der Waals surface area (Å²) in [6, 6.07) is 0. The van der Waals surface area contributed by atoms with E-state index in [1.165, 1.54) is 6.42 Å². The van der Waals surface area contributed by atoms with Crippen LogP contribution in [0, 0.1) is 0 Å². The van der Waals surface area contributed by atoms with Crippen LogP contribution in [0.4, 0.5) is 0 Å². The highest BCUT2D eigenvalue weighted by molar-refractivity contribution is 5.01. The van der Waals surface area contributed by atoms with E-state index in [-0.39, 0.29) is 11.7 Å². The molecular formula is C12H20O3. The van der Waals surface area contributed by atoms with E-state index in [4.69, 9.17) is 9.84 Å². The van der Waals surface area contributed by atoms with Crippen molar-refractivity contribution >= 4 is 0 Å². The lowest BCUT2D eigenvalue weighted by molar-refractivity contribution is -0.0549. The zero-order valence-electron chi connectivity index (χ0n) is 9.11. The lowest BCUT2D eigenvalue weighted by Gasteiger charge is -2.34. The normalized spacial score (nSPS) is 33.9. The summed E-state index contributed by atoms with van der Waals surface area (Å²) in [4.78, 5) is 0. The first kappa shape index (κ1) is 11.1. The predicted molar refractivity (Wildman–Crippen MR) is 57.5 cm³/mol. The Bertz CT molecular complexity index is 237. The summed E-state index contributed by atoms with van der Waals surface area (Å²) in [5, 5.41) is 18.5. The fourth-order valence-corrected chi connectivity index (χ4v) is 1.96. The van der Waals surface area contributed by atoms with Gasteiger partial charge in [-0.25, -0.2) is 0 Å². The Morgan fingerprint density at radius 3 is 1.73 bits per heavy atom. The molecule has 0 spiro atoms. The molecule has 2 saturated carbocycles. The highest BCUT2D eigenvalue weighted by Gasteiger charge is 2.49. The Kier molecular flexibility index (Phi) is 2.88. The molecule has 3 nitrogen and oxygen atoms in total. The van der Waals surface area contributed by atoms with Crippen LogP contribution in [0.2, 0.25) is 0 Å². The monoisotopic (exact) mass is 212 g/mol. The summed E-state index contributed by atoms with van der Waals surface area (Å²) < 4.78 is 4.97. The number of epoxide rings is 1. The van der Waals surface area contributed by atoms with Crippen molar-refractivity contribution < 1.29 is 14.9 Å². The van der Waals surface area contributed by atoms with Gasteiger partial charge in [0.25, 0.3) is 0 Å². The largest absolute Gasteiger partial charge is 0.387 e. The first-order valence-corrected chi connectivity index (χ1v) is 5.78. The Balaban J connectivity index is 0.000000115. The van der Waals surface area contributed by atoms with Crippen molar-refractivity contribution in [3.8, 4) is 0 Å². The van der Waals surface area contributed by atoms with Crippen molar-refractivity contribution in [2.75, 3.05) is 6.61 Å². The minimum atomic E-state index is -0.472. The van der Waals surface area contributed by atoms with Crippen LogP contribution in [0.15, 0.2) is 12.7 Å². The minimum absolute atomic E-state index is 0.205. The average molecular weight is 212 g/mol. The molecule has 1 heterocycles. The number of hydrogen-bond acceptors (Lipinski definition) is 3. The molecule has 3 aliphatic rings. The Morgan fingerprint density at radius 2 is 1.67 bits per heavy atom. The highest BCUT2D eigenvalue weighted by atomic mass is 16.6. The third-order valence-corrected chi connectivity index (χ3v) is 3.75. The van der Waals surface area contributed by atoms with E-state index < -0.39 is 5.60 Å². The van der Waals surface area contributed by atoms with E-state index in [0.717, 1.165) is 38.7 Å². The van der Waals surface area contributed by atoms with Gasteiger partial charge in [-0.2, -0.15) is 0 Å². The molecule has 0 radical (unpaired) electrons. The second-order valence-corrected chi connectivity index (χ2v) is 4.94. The van der Waals surface area contributed by atoms with Gasteiger partial charge in [-0.3, -0.25) is 0 Å². The Hall–Kier alpha value is -0.380. The molecule has 0 amide bonds. The molecule has 0 aromatic heterocycles. The van der Waals surface area contributed by atoms with Crippen LogP contribution < -0.4 is 0 Å². The zero-order valence-corrected chi connectivity index (χ0v) is 9.11. The molecule has 2 N–H and O–H groups in total. The third-order valence-electron chi connectivity index (χ3n) is 3.75. The van der Waals surface area contributed by atoms with Crippen LogP contribution in [0.3, 0.4) is 0 Å². The summed E-state index contributed by atoms with van der Waals surface area (Å²) >= 11 is 0. The quantitative estimate of drug-likeness (QED) is 0.537. The van der Waals surface area contributed by atoms with E-state index in [2.05, 4.69) is 6.58 Å². The first-order valence-electron chi connectivity index (χ1n) is 5.78. The predicted octanol–water partition coefficient (Wildman–Crippen LogP) is 1.39. The topological polar surface area (TPSA) is 53.0 Å². The van der Waals surface area contributed by atoms with Crippen molar-refractivity contribution in [3.05, 3.63) is 12.7 Å². The summed E-state index contributed by atoms with van der Waals surface area (Å²) in [5.74, 6) is 0. The molecule has 0 aromatic carbocycles. The third kappa shape index (κ3) is 2.41. The fraction of sp³-hybridized carbons (Fsp3) is 0.833. The van der Waals surface area contributed by atoms with Gasteiger partial charge in [0.1, 0.15) is 6.10 Å². The van der Waals surface area contributed by atoms with Crippen LogP contribution in [0.25, 0.3) is 0 Å². The van der Waals surface area contributed by atoms with Crippen molar-refractivity contribution in [1.82, 2.24) is 0 Å². The standard InChI is InChI=1S/C6H10O2.C6H10O/c7-6(2-1-3-6)5-4-8-5;1-2-6(7)4-3-5-6/h5,7H,1-4H2;2,7H,1,3-5H2. The summed E-state index contributed by atoms with van der Waals surface area (Å²) in [6.07, 6.45) is 7.91. The van der Waals surface area contributed by atoms with Crippen molar-refractivity contribution in [1.29, 1.82) is 0 Å². The molecule has 1 saturated heterocycles. The maximum Gasteiger partial charge on any atom is 0.110 e. The first-order chi connectivity index (χ1) is 7.08. The molecule has 1 aliphatic heterocycles. The Morgan fingerprint density at radius 1 is 1.13 bits per heavy atom. The van der Waals surface area contributed by atoms with Crippen molar-refractivity contribution in [2.45, 2.75) is 55.8 Å². The van der Waals surface area contributed by atoms with Gasteiger partial charge < -0.3 is 14.9 Å². The van der Waals surface area contributed by atoms with Crippen LogP contribution in [-0.4, -0.2) is 34.1 Å². The molecule has 3 rings (SSSR count). The fourth-order valence-electron chi connectivity index (χ4n) is 1.96. The smallest absolute Gasteiger partial charge is 0.110 e. The van der Waals surface area contributed by atoms with Crippen molar-refractivity contribution in [2.24, 2.45) is 0 Å². The van der Waals surface area contributed by atoms with Gasteiger partial charge in [0, 0.05) is 0 Å². The van der Waals surface area contributed by atoms with E-state index >= 15 is 0 Å². The average Bonchev–Trinajstić information content (AvgIpc) is 2.95. The summed E-state index contributed by atoms with van der Waals surface area (Å²) in [6.45, 7) is 4.29. The second kappa shape index (κ2) is 3.89. The second-order valence-electron chi connectivity index (χ2n) is 4.94. The summed E-state index contributed by atoms with van der Waals surface area (Å²) in [5.41, 5.74) is -0.861. The van der Waals surface area contributed by atoms with Crippen LogP contribution >= 0.6 is 0 Å². The molecule has 3 fully saturated rings. The highest BCUT2D eigenvalue weighted by Crippen LogP contribution is 2.40. The molecule has 1 unspecified atom stereocenters. The maximum atomic E-state index is 9.42. The van der Waals surface area contributed by atoms with Gasteiger partial charge in [-0.1, -0.05) is 6.08 Å². The number of hydrogen-bond donors (Lipinski definition) is 2. The number of ether oxygens (including phenoxy) is 1. The summed E-state index contributed by atoms with van der Waals surface area (Å²) in [7, 11) is 0. The molecule has 1 atom stereocenters. The van der Waals surface area contributed by atoms with E-state index in [1.807, 2.05) is 0 Å². The molecule has 0 bridgehead atoms. The van der Waals surface area contributed by atoms with E-state index in [0.29, 0.717) is 0 Å². The van der Waals surface area contributed by atoms with Gasteiger partial charge in [-0.15, -0.1) is 6.58 Å². The van der Waals surface area contributed by atoms with Crippen molar-refractivity contribution in [3.63, 3.8) is 0 Å². The minimum Gasteiger partial charge on any atom is -0.387 e. The van der Waals surface area contributed by atoms with Gasteiger partial charge >= 0.3 is 0 Å². The van der Waals surface area contributed by atoms with E-state index in [9.17, 15) is 5.11 Å². The van der Waals surface area contributed by atoms with Crippen LogP contribution in [0.5, 0.6) is 0 Å². The SMILES string of the molecule is C=CC1(O)CCC1.OC1(C2CO2)CCC1. The molecule has 0 aromatic rings. The lowest BCUT2D eigenvalue weighted by Crippen LogP contribution is -2.42. The zero-order chi connectivity index (χ0) is 10.9. The van der Waals surface area contributed by atoms with Gasteiger partial charge in [0.2, 0.25) is 0 Å². The number of rotatable bonds is 2. The molecular weight excluding hydrogens is 192 g/mol. The number of aliphatic hydroxyl groups is 2. The van der Waals surface area contributed by atoms with Gasteiger partial charge in [-0.05, 0) is 38.5 Å². The maximum absolute atomic E-state index is 9.42. The van der Waals surface area contributed by atoms with Gasteiger partial charge in [0.15, 0.2) is 0 Å². The molecule has 15 heavy (non-hydrogen) atoms. The lowest BCUT2D eigenvalue weighted by atomic mass is 9.78. The van der Waals surface area contributed by atoms with Gasteiger partial charge in [0.05, 0.1) is 17.8 Å². The molecule has 3 heteroatoms. The van der Waals surface area contributed by atoms with Crippen LogP contribution in [-0.2, 0) is 4.74 Å². The molecule has 2 aliphatic carbocycles. The molecule has 86 valence electrons.